The number of carbonyl (C=O) groups is 2. The van der Waals surface area contributed by atoms with Crippen LogP contribution in [0.15, 0.2) is 22.7 Å². The molecule has 0 bridgehead atoms. The number of benzene rings is 1. The van der Waals surface area contributed by atoms with Gasteiger partial charge in [0.05, 0.1) is 12.1 Å². The number of aliphatic carboxylic acids is 1. The van der Waals surface area contributed by atoms with E-state index in [0.717, 1.165) is 17.3 Å². The molecule has 1 aromatic heterocycles. The predicted octanol–water partition coefficient (Wildman–Crippen LogP) is 3.19. The minimum Gasteiger partial charge on any atom is -0.481 e. The number of nitrogens with one attached hydrogen (secondary N) is 1. The molecular weight excluding hydrogens is 315 g/mol. The van der Waals surface area contributed by atoms with Gasteiger partial charge in [0.25, 0.3) is 0 Å². The van der Waals surface area contributed by atoms with E-state index in [-0.39, 0.29) is 29.5 Å². The van der Waals surface area contributed by atoms with Gasteiger partial charge in [-0.15, -0.1) is 0 Å². The van der Waals surface area contributed by atoms with E-state index < -0.39 is 18.2 Å². The van der Waals surface area contributed by atoms with Crippen LogP contribution in [0.5, 0.6) is 0 Å². The van der Waals surface area contributed by atoms with Crippen molar-refractivity contribution in [2.45, 2.75) is 39.5 Å². The number of hydrogen-bond acceptors (Lipinski definition) is 4. The summed E-state index contributed by atoms with van der Waals surface area (Å²) in [4.78, 5) is 22.8. The first-order valence-corrected chi connectivity index (χ1v) is 7.50. The fourth-order valence-electron chi connectivity index (χ4n) is 2.72. The number of hydrogen-bond donors (Lipinski definition) is 2. The summed E-state index contributed by atoms with van der Waals surface area (Å²) in [6, 6.07) is 3.97. The maximum atomic E-state index is 13.8. The molecule has 0 aliphatic rings. The second kappa shape index (κ2) is 7.25. The molecule has 0 aliphatic heterocycles. The topological polar surface area (TPSA) is 92.4 Å². The van der Waals surface area contributed by atoms with Crippen LogP contribution >= 0.6 is 0 Å². The molecule has 0 fully saturated rings. The summed E-state index contributed by atoms with van der Waals surface area (Å²) in [5, 5.41) is 15.2. The van der Waals surface area contributed by atoms with E-state index in [1.165, 1.54) is 12.1 Å². The Morgan fingerprint density at radius 1 is 1.38 bits per heavy atom. The highest BCUT2D eigenvalue weighted by molar-refractivity contribution is 5.91. The molecule has 0 aliphatic carbocycles. The molecule has 0 saturated carbocycles. The van der Waals surface area contributed by atoms with Gasteiger partial charge in [-0.3, -0.25) is 9.59 Å². The molecule has 128 valence electrons. The molecule has 2 rings (SSSR count). The third-order valence-corrected chi connectivity index (χ3v) is 3.75. The van der Waals surface area contributed by atoms with E-state index in [1.54, 1.807) is 6.92 Å². The van der Waals surface area contributed by atoms with Gasteiger partial charge >= 0.3 is 5.97 Å². The summed E-state index contributed by atoms with van der Waals surface area (Å²) in [6.07, 6.45) is -0.204. The molecular formula is C17H19FN2O4. The predicted molar refractivity (Wildman–Crippen MR) is 85.4 cm³/mol. The Labute approximate surface area is 138 Å². The lowest BCUT2D eigenvalue weighted by Crippen LogP contribution is -2.15. The molecule has 0 unspecified atom stereocenters. The summed E-state index contributed by atoms with van der Waals surface area (Å²) < 4.78 is 18.9. The number of carboxylic acid groups (broad SMARTS) is 1. The van der Waals surface area contributed by atoms with Crippen molar-refractivity contribution in [3.8, 4) is 0 Å². The van der Waals surface area contributed by atoms with Crippen LogP contribution in [0.1, 0.15) is 41.8 Å². The van der Waals surface area contributed by atoms with E-state index in [2.05, 4.69) is 10.5 Å². The number of amides is 1. The molecule has 2 aromatic rings. The Morgan fingerprint density at radius 3 is 2.62 bits per heavy atom. The Bertz CT molecular complexity index is 750. The van der Waals surface area contributed by atoms with Gasteiger partial charge in [0.2, 0.25) is 5.91 Å². The van der Waals surface area contributed by atoms with Crippen molar-refractivity contribution in [3.63, 3.8) is 0 Å². The zero-order chi connectivity index (χ0) is 17.9. The molecule has 2 N–H and O–H groups in total. The largest absolute Gasteiger partial charge is 0.481 e. The first-order valence-electron chi connectivity index (χ1n) is 7.50. The van der Waals surface area contributed by atoms with Crippen molar-refractivity contribution in [2.75, 3.05) is 5.32 Å². The van der Waals surface area contributed by atoms with Crippen LogP contribution in [0.4, 0.5) is 10.1 Å². The minimum absolute atomic E-state index is 0.0737. The lowest BCUT2D eigenvalue weighted by molar-refractivity contribution is -0.136. The molecule has 1 amide bonds. The highest BCUT2D eigenvalue weighted by Gasteiger charge is 2.19. The molecule has 7 heteroatoms. The van der Waals surface area contributed by atoms with Gasteiger partial charge in [-0.1, -0.05) is 18.1 Å². The zero-order valence-electron chi connectivity index (χ0n) is 13.7. The standard InChI is InChI=1S/C17H19FN2O4/c1-9(17-10(2)20-24-11(17)3)6-15(21)19-13-5-4-12(7-16(22)23)14(18)8-13/h4-5,8-9H,6-7H2,1-3H3,(H,19,21)(H,22,23)/t9-/m1/s1. The van der Waals surface area contributed by atoms with Gasteiger partial charge in [0.15, 0.2) is 0 Å². The molecule has 1 aromatic carbocycles. The first kappa shape index (κ1) is 17.7. The second-order valence-electron chi connectivity index (χ2n) is 5.77. The lowest BCUT2D eigenvalue weighted by atomic mass is 9.96. The number of carboxylic acids is 1. The highest BCUT2D eigenvalue weighted by Crippen LogP contribution is 2.26. The van der Waals surface area contributed by atoms with Crippen LogP contribution in [0.25, 0.3) is 0 Å². The molecule has 0 saturated heterocycles. The third-order valence-electron chi connectivity index (χ3n) is 3.75. The first-order chi connectivity index (χ1) is 11.3. The molecule has 0 spiro atoms. The molecule has 24 heavy (non-hydrogen) atoms. The maximum absolute atomic E-state index is 13.8. The second-order valence-corrected chi connectivity index (χ2v) is 5.77. The van der Waals surface area contributed by atoms with E-state index in [9.17, 15) is 14.0 Å². The highest BCUT2D eigenvalue weighted by atomic mass is 19.1. The molecule has 1 heterocycles. The van der Waals surface area contributed by atoms with Gasteiger partial charge in [0, 0.05) is 17.7 Å². The third kappa shape index (κ3) is 4.18. The van der Waals surface area contributed by atoms with Crippen molar-refractivity contribution < 1.29 is 23.6 Å². The number of aromatic nitrogens is 1. The van der Waals surface area contributed by atoms with Crippen molar-refractivity contribution in [1.29, 1.82) is 0 Å². The van der Waals surface area contributed by atoms with E-state index >= 15 is 0 Å². The Hall–Kier alpha value is -2.70. The fraction of sp³-hybridized carbons (Fsp3) is 0.353. The van der Waals surface area contributed by atoms with Crippen LogP contribution < -0.4 is 5.32 Å². The summed E-state index contributed by atoms with van der Waals surface area (Å²) in [5.41, 5.74) is 2.01. The quantitative estimate of drug-likeness (QED) is 0.846. The zero-order valence-corrected chi connectivity index (χ0v) is 13.7. The van der Waals surface area contributed by atoms with Gasteiger partial charge < -0.3 is 14.9 Å². The number of anilines is 1. The average Bonchev–Trinajstić information content (AvgIpc) is 2.80. The van der Waals surface area contributed by atoms with E-state index in [4.69, 9.17) is 9.63 Å². The smallest absolute Gasteiger partial charge is 0.307 e. The summed E-state index contributed by atoms with van der Waals surface area (Å²) in [7, 11) is 0. The minimum atomic E-state index is -1.11. The summed E-state index contributed by atoms with van der Waals surface area (Å²) in [6.45, 7) is 5.50. The van der Waals surface area contributed by atoms with Gasteiger partial charge in [0.1, 0.15) is 11.6 Å². The van der Waals surface area contributed by atoms with Gasteiger partial charge in [-0.2, -0.15) is 0 Å². The SMILES string of the molecule is Cc1noc(C)c1[C@H](C)CC(=O)Nc1ccc(CC(=O)O)c(F)c1. The number of nitrogens with zero attached hydrogens (tertiary/aromatic N) is 1. The van der Waals surface area contributed by atoms with Crippen molar-refractivity contribution in [1.82, 2.24) is 5.16 Å². The van der Waals surface area contributed by atoms with Crippen LogP contribution in [0.3, 0.4) is 0 Å². The number of carbonyl (C=O) groups excluding carboxylic acids is 1. The maximum Gasteiger partial charge on any atom is 0.307 e. The normalized spacial score (nSPS) is 12.0. The fourth-order valence-corrected chi connectivity index (χ4v) is 2.72. The van der Waals surface area contributed by atoms with Crippen LogP contribution in [-0.2, 0) is 16.0 Å². The lowest BCUT2D eigenvalue weighted by Gasteiger charge is -2.12. The van der Waals surface area contributed by atoms with Gasteiger partial charge in [-0.25, -0.2) is 4.39 Å². The summed E-state index contributed by atoms with van der Waals surface area (Å²) >= 11 is 0. The average molecular weight is 334 g/mol. The van der Waals surface area contributed by atoms with E-state index in [1.807, 2.05) is 13.8 Å². The Kier molecular flexibility index (Phi) is 5.33. The van der Waals surface area contributed by atoms with Gasteiger partial charge in [-0.05, 0) is 37.5 Å². The molecule has 1 atom stereocenters. The number of aryl methyl sites for hydroxylation is 2. The number of halogens is 1. The van der Waals surface area contributed by atoms with E-state index in [0.29, 0.717) is 5.76 Å². The van der Waals surface area contributed by atoms with Crippen molar-refractivity contribution >= 4 is 17.6 Å². The molecule has 6 nitrogen and oxygen atoms in total. The Morgan fingerprint density at radius 2 is 2.08 bits per heavy atom. The molecule has 0 radical (unpaired) electrons. The monoisotopic (exact) mass is 334 g/mol. The van der Waals surface area contributed by atoms with Crippen LogP contribution in [0, 0.1) is 19.7 Å². The summed E-state index contributed by atoms with van der Waals surface area (Å²) in [5.74, 6) is -1.45. The Balaban J connectivity index is 2.02. The number of rotatable bonds is 6. The van der Waals surface area contributed by atoms with Crippen LogP contribution in [-0.4, -0.2) is 22.1 Å². The van der Waals surface area contributed by atoms with Crippen molar-refractivity contribution in [3.05, 3.63) is 46.6 Å². The van der Waals surface area contributed by atoms with Crippen molar-refractivity contribution in [2.24, 2.45) is 0 Å². The van der Waals surface area contributed by atoms with Crippen LogP contribution in [0.2, 0.25) is 0 Å².